The predicted molar refractivity (Wildman–Crippen MR) is 115 cm³/mol. The molecule has 0 aliphatic carbocycles. The number of hydrogen-bond donors (Lipinski definition) is 2. The number of nitrogens with one attached hydrogen (secondary N) is 2. The number of aromatic nitrogens is 2. The van der Waals surface area contributed by atoms with E-state index in [9.17, 15) is 4.79 Å². The minimum Gasteiger partial charge on any atom is -0.360 e. The predicted octanol–water partition coefficient (Wildman–Crippen LogP) is 5.24. The summed E-state index contributed by atoms with van der Waals surface area (Å²) in [6.07, 6.45) is 0. The number of nitrogens with zero attached hydrogens (tertiary/aromatic N) is 2. The van der Waals surface area contributed by atoms with E-state index < -0.39 is 0 Å². The van der Waals surface area contributed by atoms with Crippen molar-refractivity contribution >= 4 is 51.6 Å². The summed E-state index contributed by atoms with van der Waals surface area (Å²) in [7, 11) is 0. The molecule has 1 heterocycles. The normalized spacial score (nSPS) is 11.8. The van der Waals surface area contributed by atoms with Crippen LogP contribution in [0.15, 0.2) is 68.7 Å². The minimum atomic E-state index is -0.276. The van der Waals surface area contributed by atoms with Gasteiger partial charge in [-0.1, -0.05) is 65.2 Å². The van der Waals surface area contributed by atoms with Crippen LogP contribution in [0.5, 0.6) is 0 Å². The molecule has 2 aromatic carbocycles. The van der Waals surface area contributed by atoms with E-state index in [1.54, 1.807) is 11.8 Å². The lowest BCUT2D eigenvalue weighted by molar-refractivity contribution is -0.115. The van der Waals surface area contributed by atoms with E-state index >= 15 is 0 Å². The summed E-state index contributed by atoms with van der Waals surface area (Å²) in [4.78, 5) is 14.8. The Labute approximate surface area is 171 Å². The summed E-state index contributed by atoms with van der Waals surface area (Å²) >= 11 is 4.50. The Kier molecular flexibility index (Phi) is 7.14. The van der Waals surface area contributed by atoms with E-state index in [2.05, 4.69) is 33.0 Å². The molecule has 3 aromatic rings. The Morgan fingerprint density at radius 2 is 1.85 bits per heavy atom. The summed E-state index contributed by atoms with van der Waals surface area (Å²) < 4.78 is 0.778. The highest BCUT2D eigenvalue weighted by Crippen LogP contribution is 2.34. The van der Waals surface area contributed by atoms with Crippen molar-refractivity contribution in [3.05, 3.63) is 54.6 Å². The van der Waals surface area contributed by atoms with Gasteiger partial charge in [0.1, 0.15) is 0 Å². The molecule has 140 valence electrons. The number of rotatable bonds is 8. The van der Waals surface area contributed by atoms with Crippen molar-refractivity contribution in [1.82, 2.24) is 10.2 Å². The smallest absolute Gasteiger partial charge is 0.237 e. The van der Waals surface area contributed by atoms with Gasteiger partial charge in [-0.3, -0.25) is 4.79 Å². The maximum Gasteiger partial charge on any atom is 0.237 e. The van der Waals surface area contributed by atoms with Crippen LogP contribution in [-0.4, -0.2) is 27.9 Å². The number of benzene rings is 2. The van der Waals surface area contributed by atoms with Crippen LogP contribution in [0.3, 0.4) is 0 Å². The van der Waals surface area contributed by atoms with Crippen molar-refractivity contribution in [1.29, 1.82) is 0 Å². The topological polar surface area (TPSA) is 66.9 Å². The van der Waals surface area contributed by atoms with Crippen LogP contribution in [0.4, 0.5) is 10.8 Å². The molecule has 0 aliphatic rings. The van der Waals surface area contributed by atoms with Crippen LogP contribution in [0.2, 0.25) is 0 Å². The van der Waals surface area contributed by atoms with Gasteiger partial charge in [0.15, 0.2) is 4.34 Å². The first kappa shape index (κ1) is 19.7. The van der Waals surface area contributed by atoms with Gasteiger partial charge in [-0.2, -0.15) is 0 Å². The summed E-state index contributed by atoms with van der Waals surface area (Å²) in [6, 6.07) is 18.0. The second-order valence-electron chi connectivity index (χ2n) is 5.56. The maximum absolute atomic E-state index is 12.7. The summed E-state index contributed by atoms with van der Waals surface area (Å²) in [6.45, 7) is 4.68. The van der Waals surface area contributed by atoms with Crippen LogP contribution < -0.4 is 10.6 Å². The van der Waals surface area contributed by atoms with Crippen LogP contribution in [0.25, 0.3) is 0 Å². The Morgan fingerprint density at radius 1 is 1.11 bits per heavy atom. The zero-order valence-corrected chi connectivity index (χ0v) is 17.5. The molecule has 0 fully saturated rings. The van der Waals surface area contributed by atoms with Crippen molar-refractivity contribution < 1.29 is 4.79 Å². The molecule has 0 unspecified atom stereocenters. The monoisotopic (exact) mass is 416 g/mol. The average molecular weight is 417 g/mol. The van der Waals surface area contributed by atoms with Gasteiger partial charge < -0.3 is 10.6 Å². The van der Waals surface area contributed by atoms with Crippen molar-refractivity contribution in [2.75, 3.05) is 17.2 Å². The lowest BCUT2D eigenvalue weighted by Crippen LogP contribution is -2.22. The van der Waals surface area contributed by atoms with E-state index in [0.29, 0.717) is 0 Å². The quantitative estimate of drug-likeness (QED) is 0.490. The molecule has 2 N–H and O–H groups in total. The van der Waals surface area contributed by atoms with E-state index in [1.165, 1.54) is 23.1 Å². The molecule has 1 amide bonds. The highest BCUT2D eigenvalue weighted by Gasteiger charge is 2.18. The van der Waals surface area contributed by atoms with Gasteiger partial charge in [-0.15, -0.1) is 10.2 Å². The SMILES string of the molecule is CCNc1nnc(S[C@H](C)C(=O)Nc2ccccc2Sc2ccccc2)s1. The zero-order chi connectivity index (χ0) is 19.1. The Bertz CT molecular complexity index is 885. The van der Waals surface area contributed by atoms with Crippen LogP contribution in [0.1, 0.15) is 13.8 Å². The Balaban J connectivity index is 1.64. The molecule has 5 nitrogen and oxygen atoms in total. The number of hydrogen-bond acceptors (Lipinski definition) is 7. The second-order valence-corrected chi connectivity index (χ2v) is 9.24. The van der Waals surface area contributed by atoms with Gasteiger partial charge in [0.25, 0.3) is 0 Å². The second kappa shape index (κ2) is 9.77. The van der Waals surface area contributed by atoms with Crippen molar-refractivity contribution in [3.63, 3.8) is 0 Å². The Morgan fingerprint density at radius 3 is 2.63 bits per heavy atom. The molecule has 0 saturated carbocycles. The molecule has 0 radical (unpaired) electrons. The first-order valence-corrected chi connectivity index (χ1v) is 11.0. The minimum absolute atomic E-state index is 0.0543. The zero-order valence-electron chi connectivity index (χ0n) is 15.0. The molecule has 0 aliphatic heterocycles. The van der Waals surface area contributed by atoms with Gasteiger partial charge in [0.05, 0.1) is 10.9 Å². The van der Waals surface area contributed by atoms with E-state index in [1.807, 2.05) is 56.3 Å². The lowest BCUT2D eigenvalue weighted by atomic mass is 10.3. The Hall–Kier alpha value is -2.03. The number of carbonyl (C=O) groups excluding carboxylic acids is 1. The van der Waals surface area contributed by atoms with Crippen molar-refractivity contribution in [3.8, 4) is 0 Å². The molecule has 0 bridgehead atoms. The molecular formula is C19H20N4OS3. The van der Waals surface area contributed by atoms with E-state index in [4.69, 9.17) is 0 Å². The molecule has 8 heteroatoms. The van der Waals surface area contributed by atoms with E-state index in [0.717, 1.165) is 31.5 Å². The first-order chi connectivity index (χ1) is 13.2. The van der Waals surface area contributed by atoms with Crippen molar-refractivity contribution in [2.24, 2.45) is 0 Å². The highest BCUT2D eigenvalue weighted by molar-refractivity contribution is 8.02. The first-order valence-electron chi connectivity index (χ1n) is 8.52. The van der Waals surface area contributed by atoms with Gasteiger partial charge in [0.2, 0.25) is 11.0 Å². The standard InChI is InChI=1S/C19H20N4OS3/c1-3-20-18-22-23-19(27-18)25-13(2)17(24)21-15-11-7-8-12-16(15)26-14-9-5-4-6-10-14/h4-13H,3H2,1-2H3,(H,20,22)(H,21,24)/t13-/m1/s1. The summed E-state index contributed by atoms with van der Waals surface area (Å²) in [5.41, 5.74) is 0.814. The number of para-hydroxylation sites is 1. The highest BCUT2D eigenvalue weighted by atomic mass is 32.2. The number of thioether (sulfide) groups is 1. The van der Waals surface area contributed by atoms with Gasteiger partial charge in [-0.05, 0) is 38.1 Å². The van der Waals surface area contributed by atoms with E-state index in [-0.39, 0.29) is 11.2 Å². The fourth-order valence-corrected chi connectivity index (χ4v) is 5.08. The third kappa shape index (κ3) is 5.72. The number of amides is 1. The van der Waals surface area contributed by atoms with Crippen LogP contribution in [-0.2, 0) is 4.79 Å². The largest absolute Gasteiger partial charge is 0.360 e. The average Bonchev–Trinajstić information content (AvgIpc) is 3.11. The van der Waals surface area contributed by atoms with Crippen LogP contribution in [0, 0.1) is 0 Å². The lowest BCUT2D eigenvalue weighted by Gasteiger charge is -2.13. The summed E-state index contributed by atoms with van der Waals surface area (Å²) in [5.74, 6) is -0.0543. The summed E-state index contributed by atoms with van der Waals surface area (Å²) in [5, 5.41) is 14.9. The maximum atomic E-state index is 12.7. The molecule has 3 rings (SSSR count). The number of carbonyl (C=O) groups is 1. The van der Waals surface area contributed by atoms with Crippen molar-refractivity contribution in [2.45, 2.75) is 33.2 Å². The molecule has 1 aromatic heterocycles. The van der Waals surface area contributed by atoms with Gasteiger partial charge >= 0.3 is 0 Å². The fourth-order valence-electron chi connectivity index (χ4n) is 2.19. The molecule has 0 spiro atoms. The molecule has 0 saturated heterocycles. The molecular weight excluding hydrogens is 396 g/mol. The van der Waals surface area contributed by atoms with Gasteiger partial charge in [0, 0.05) is 16.3 Å². The third-order valence-corrected chi connectivity index (χ3v) is 6.65. The van der Waals surface area contributed by atoms with Gasteiger partial charge in [-0.25, -0.2) is 0 Å². The molecule has 1 atom stereocenters. The molecule has 27 heavy (non-hydrogen) atoms. The fraction of sp³-hybridized carbons (Fsp3) is 0.211. The number of anilines is 2. The third-order valence-electron chi connectivity index (χ3n) is 3.50. The van der Waals surface area contributed by atoms with Crippen LogP contribution >= 0.6 is 34.9 Å².